The van der Waals surface area contributed by atoms with E-state index in [0.717, 1.165) is 48.7 Å². The molecule has 0 unspecified atom stereocenters. The number of hydrogen-bond acceptors (Lipinski definition) is 4. The minimum Gasteiger partial charge on any atom is -0.351 e. The van der Waals surface area contributed by atoms with Crippen LogP contribution in [0.1, 0.15) is 37.2 Å². The van der Waals surface area contributed by atoms with Crippen LogP contribution in [-0.2, 0) is 13.0 Å². The third-order valence-corrected chi connectivity index (χ3v) is 3.68. The van der Waals surface area contributed by atoms with Crippen LogP contribution in [0.2, 0.25) is 5.15 Å². The van der Waals surface area contributed by atoms with Gasteiger partial charge in [0.25, 0.3) is 0 Å². The molecule has 112 valence electrons. The zero-order chi connectivity index (χ0) is 15.2. The summed E-state index contributed by atoms with van der Waals surface area (Å²) in [5.74, 6) is 0.919. The maximum atomic E-state index is 6.24. The highest BCUT2D eigenvalue weighted by Gasteiger charge is 2.15. The number of nitrogens with zero attached hydrogens (tertiary/aromatic N) is 4. The molecule has 0 bridgehead atoms. The molecule has 0 saturated heterocycles. The summed E-state index contributed by atoms with van der Waals surface area (Å²) in [5.41, 5.74) is 3.09. The van der Waals surface area contributed by atoms with Crippen LogP contribution in [0.15, 0.2) is 24.5 Å². The Morgan fingerprint density at radius 1 is 1.19 bits per heavy atom. The van der Waals surface area contributed by atoms with Crippen LogP contribution in [0.25, 0.3) is 0 Å². The lowest BCUT2D eigenvalue weighted by molar-refractivity contribution is 0.770. The van der Waals surface area contributed by atoms with Crippen molar-refractivity contribution in [2.45, 2.75) is 40.2 Å². The van der Waals surface area contributed by atoms with Gasteiger partial charge in [-0.05, 0) is 32.4 Å². The summed E-state index contributed by atoms with van der Waals surface area (Å²) in [6.45, 7) is 7.82. The van der Waals surface area contributed by atoms with Crippen LogP contribution in [0.4, 0.5) is 5.82 Å². The van der Waals surface area contributed by atoms with Crippen molar-refractivity contribution in [3.05, 3.63) is 46.6 Å². The minimum absolute atomic E-state index is 0.553. The van der Waals surface area contributed by atoms with Crippen LogP contribution < -0.4 is 4.90 Å². The quantitative estimate of drug-likeness (QED) is 0.761. The summed E-state index contributed by atoms with van der Waals surface area (Å²) in [6.07, 6.45) is 3.43. The van der Waals surface area contributed by atoms with E-state index in [9.17, 15) is 0 Å². The molecule has 0 amide bonds. The predicted octanol–water partition coefficient (Wildman–Crippen LogP) is 3.81. The molecule has 4 nitrogen and oxygen atoms in total. The molecular formula is C16H21ClN4. The summed E-state index contributed by atoms with van der Waals surface area (Å²) >= 11 is 6.24. The summed E-state index contributed by atoms with van der Waals surface area (Å²) in [6, 6.07) is 6.08. The molecule has 2 aromatic heterocycles. The Morgan fingerprint density at radius 2 is 2.00 bits per heavy atom. The monoisotopic (exact) mass is 304 g/mol. The van der Waals surface area contributed by atoms with Crippen LogP contribution >= 0.6 is 11.6 Å². The molecule has 2 heterocycles. The van der Waals surface area contributed by atoms with E-state index in [0.29, 0.717) is 5.15 Å². The van der Waals surface area contributed by atoms with Gasteiger partial charge in [0, 0.05) is 17.8 Å². The van der Waals surface area contributed by atoms with Crippen LogP contribution in [0, 0.1) is 6.92 Å². The van der Waals surface area contributed by atoms with Crippen LogP contribution in [-0.4, -0.2) is 21.5 Å². The first-order valence-electron chi connectivity index (χ1n) is 7.32. The molecule has 2 rings (SSSR count). The zero-order valence-corrected chi connectivity index (χ0v) is 13.6. The van der Waals surface area contributed by atoms with Crippen molar-refractivity contribution in [1.82, 2.24) is 15.0 Å². The Morgan fingerprint density at radius 3 is 2.67 bits per heavy atom. The Bertz CT molecular complexity index is 601. The molecule has 0 aromatic carbocycles. The van der Waals surface area contributed by atoms with Crippen molar-refractivity contribution < 1.29 is 0 Å². The number of anilines is 1. The summed E-state index contributed by atoms with van der Waals surface area (Å²) in [7, 11) is 0. The van der Waals surface area contributed by atoms with E-state index in [1.807, 2.05) is 25.1 Å². The molecule has 5 heteroatoms. The normalized spacial score (nSPS) is 10.7. The second-order valence-electron chi connectivity index (χ2n) is 5.00. The molecule has 0 fully saturated rings. The fourth-order valence-corrected chi connectivity index (χ4v) is 2.56. The van der Waals surface area contributed by atoms with Crippen molar-refractivity contribution in [1.29, 1.82) is 0 Å². The molecule has 0 aliphatic rings. The largest absolute Gasteiger partial charge is 0.351 e. The van der Waals surface area contributed by atoms with E-state index >= 15 is 0 Å². The highest BCUT2D eigenvalue weighted by molar-refractivity contribution is 6.30. The molecule has 0 aliphatic heterocycles. The molecule has 0 atom stereocenters. The fraction of sp³-hybridized carbons (Fsp3) is 0.438. The fourth-order valence-electron chi connectivity index (χ4n) is 2.34. The van der Waals surface area contributed by atoms with Gasteiger partial charge in [0.1, 0.15) is 17.3 Å². The summed E-state index contributed by atoms with van der Waals surface area (Å²) in [5, 5.41) is 0.553. The number of hydrogen-bond donors (Lipinski definition) is 0. The topological polar surface area (TPSA) is 41.9 Å². The maximum Gasteiger partial charge on any atom is 0.137 e. The third-order valence-electron chi connectivity index (χ3n) is 3.35. The van der Waals surface area contributed by atoms with Gasteiger partial charge in [-0.25, -0.2) is 9.97 Å². The second-order valence-corrected chi connectivity index (χ2v) is 5.36. The predicted molar refractivity (Wildman–Crippen MR) is 86.7 cm³/mol. The summed E-state index contributed by atoms with van der Waals surface area (Å²) < 4.78 is 0. The first kappa shape index (κ1) is 15.7. The van der Waals surface area contributed by atoms with Crippen molar-refractivity contribution in [3.63, 3.8) is 0 Å². The highest BCUT2D eigenvalue weighted by Crippen LogP contribution is 2.25. The lowest BCUT2D eigenvalue weighted by Crippen LogP contribution is -2.25. The van der Waals surface area contributed by atoms with Gasteiger partial charge < -0.3 is 4.90 Å². The van der Waals surface area contributed by atoms with E-state index in [1.54, 1.807) is 0 Å². The summed E-state index contributed by atoms with van der Waals surface area (Å²) in [4.78, 5) is 15.3. The number of halogens is 1. The van der Waals surface area contributed by atoms with Gasteiger partial charge >= 0.3 is 0 Å². The molecule has 21 heavy (non-hydrogen) atoms. The van der Waals surface area contributed by atoms with Crippen molar-refractivity contribution in [3.8, 4) is 0 Å². The van der Waals surface area contributed by atoms with E-state index in [4.69, 9.17) is 11.6 Å². The zero-order valence-electron chi connectivity index (χ0n) is 12.8. The Labute approximate surface area is 131 Å². The average molecular weight is 305 g/mol. The third kappa shape index (κ3) is 3.91. The minimum atomic E-state index is 0.553. The van der Waals surface area contributed by atoms with Crippen LogP contribution in [0.3, 0.4) is 0 Å². The first-order valence-corrected chi connectivity index (χ1v) is 7.70. The molecule has 0 saturated carbocycles. The smallest absolute Gasteiger partial charge is 0.137 e. The second kappa shape index (κ2) is 7.36. The van der Waals surface area contributed by atoms with Crippen molar-refractivity contribution in [2.24, 2.45) is 0 Å². The van der Waals surface area contributed by atoms with Crippen molar-refractivity contribution >= 4 is 17.4 Å². The number of aromatic nitrogens is 3. The Kier molecular flexibility index (Phi) is 5.51. The molecular weight excluding hydrogens is 284 g/mol. The van der Waals surface area contributed by atoms with E-state index in [2.05, 4.69) is 33.7 Å². The molecule has 0 aliphatic carbocycles. The van der Waals surface area contributed by atoms with Gasteiger partial charge in [0.2, 0.25) is 0 Å². The van der Waals surface area contributed by atoms with Gasteiger partial charge in [-0.2, -0.15) is 0 Å². The van der Waals surface area contributed by atoms with Gasteiger partial charge in [-0.3, -0.25) is 4.98 Å². The number of pyridine rings is 1. The van der Waals surface area contributed by atoms with Gasteiger partial charge in [0.05, 0.1) is 12.2 Å². The SMILES string of the molecule is CCCc1c(Cl)ncnc1N(CC)Cc1cccc(C)n1. The van der Waals surface area contributed by atoms with Crippen molar-refractivity contribution in [2.75, 3.05) is 11.4 Å². The molecule has 0 radical (unpaired) electrons. The van der Waals surface area contributed by atoms with E-state index in [-0.39, 0.29) is 0 Å². The highest BCUT2D eigenvalue weighted by atomic mass is 35.5. The maximum absolute atomic E-state index is 6.24. The van der Waals surface area contributed by atoms with E-state index in [1.165, 1.54) is 6.33 Å². The lowest BCUT2D eigenvalue weighted by Gasteiger charge is -2.24. The number of aryl methyl sites for hydroxylation is 1. The molecule has 2 aromatic rings. The van der Waals surface area contributed by atoms with E-state index < -0.39 is 0 Å². The number of rotatable bonds is 6. The molecule has 0 N–H and O–H groups in total. The van der Waals surface area contributed by atoms with Gasteiger partial charge in [0.15, 0.2) is 0 Å². The standard InChI is InChI=1S/C16H21ClN4/c1-4-7-14-15(17)18-11-19-16(14)21(5-2)10-13-9-6-8-12(3)20-13/h6,8-9,11H,4-5,7,10H2,1-3H3. The average Bonchev–Trinajstić information content (AvgIpc) is 2.47. The molecule has 0 spiro atoms. The van der Waals surface area contributed by atoms with Crippen LogP contribution in [0.5, 0.6) is 0 Å². The Hall–Kier alpha value is -1.68. The lowest BCUT2D eigenvalue weighted by atomic mass is 10.1. The van der Waals surface area contributed by atoms with Gasteiger partial charge in [-0.1, -0.05) is 31.0 Å². The first-order chi connectivity index (χ1) is 10.2. The Balaban J connectivity index is 2.31. The van der Waals surface area contributed by atoms with Gasteiger partial charge in [-0.15, -0.1) is 0 Å².